The molecule has 2 N–H and O–H groups in total. The summed E-state index contributed by atoms with van der Waals surface area (Å²) in [6.45, 7) is 6.63. The van der Waals surface area contributed by atoms with Crippen LogP contribution in [-0.4, -0.2) is 48.9 Å². The van der Waals surface area contributed by atoms with Gasteiger partial charge in [0.1, 0.15) is 5.41 Å². The average Bonchev–Trinajstić information content (AvgIpc) is 2.54. The van der Waals surface area contributed by atoms with Crippen molar-refractivity contribution >= 4 is 34.7 Å². The second-order valence-corrected chi connectivity index (χ2v) is 6.79. The van der Waals surface area contributed by atoms with E-state index in [2.05, 4.69) is 15.6 Å². The number of aliphatic imine (C=N–C) groups is 1. The Labute approximate surface area is 147 Å². The number of thioether (sulfide) groups is 1. The molecular weight excluding hydrogens is 330 g/mol. The highest BCUT2D eigenvalue weighted by molar-refractivity contribution is 8.14. The fourth-order valence-corrected chi connectivity index (χ4v) is 3.53. The SMILES string of the molecule is CCCC(C)C1(CC)C(=O)N=C(SCC(=O)NCCOC)NC1=O. The van der Waals surface area contributed by atoms with E-state index in [1.54, 1.807) is 7.11 Å². The van der Waals surface area contributed by atoms with Crippen molar-refractivity contribution in [3.8, 4) is 0 Å². The Morgan fingerprint density at radius 1 is 1.42 bits per heavy atom. The van der Waals surface area contributed by atoms with Gasteiger partial charge in [-0.1, -0.05) is 39.0 Å². The third-order valence-electron chi connectivity index (χ3n) is 4.30. The van der Waals surface area contributed by atoms with Crippen LogP contribution < -0.4 is 10.6 Å². The van der Waals surface area contributed by atoms with Gasteiger partial charge in [0.2, 0.25) is 11.8 Å². The molecule has 0 fully saturated rings. The van der Waals surface area contributed by atoms with Gasteiger partial charge >= 0.3 is 0 Å². The summed E-state index contributed by atoms with van der Waals surface area (Å²) in [4.78, 5) is 40.9. The van der Waals surface area contributed by atoms with Crippen LogP contribution in [0.1, 0.15) is 40.0 Å². The lowest BCUT2D eigenvalue weighted by molar-refractivity contribution is -0.145. The van der Waals surface area contributed by atoms with Crippen molar-refractivity contribution in [1.82, 2.24) is 10.6 Å². The van der Waals surface area contributed by atoms with Crippen LogP contribution in [0.15, 0.2) is 4.99 Å². The summed E-state index contributed by atoms with van der Waals surface area (Å²) in [5.41, 5.74) is -1.10. The van der Waals surface area contributed by atoms with Crippen LogP contribution in [0.5, 0.6) is 0 Å². The summed E-state index contributed by atoms with van der Waals surface area (Å²) in [7, 11) is 1.55. The first-order valence-corrected chi connectivity index (χ1v) is 9.23. The van der Waals surface area contributed by atoms with Crippen LogP contribution in [0.3, 0.4) is 0 Å². The maximum atomic E-state index is 12.6. The van der Waals surface area contributed by atoms with Crippen LogP contribution in [0, 0.1) is 11.3 Å². The zero-order chi connectivity index (χ0) is 18.2. The van der Waals surface area contributed by atoms with E-state index in [4.69, 9.17) is 4.74 Å². The molecule has 0 aromatic rings. The molecular formula is C16H27N3O4S. The Bertz CT molecular complexity index is 510. The van der Waals surface area contributed by atoms with Crippen molar-refractivity contribution in [3.63, 3.8) is 0 Å². The summed E-state index contributed by atoms with van der Waals surface area (Å²) in [5.74, 6) is -0.911. The summed E-state index contributed by atoms with van der Waals surface area (Å²) < 4.78 is 4.85. The number of hydrogen-bond donors (Lipinski definition) is 2. The highest BCUT2D eigenvalue weighted by Crippen LogP contribution is 2.38. The maximum Gasteiger partial charge on any atom is 0.264 e. The molecule has 1 aliphatic heterocycles. The van der Waals surface area contributed by atoms with Crippen molar-refractivity contribution in [1.29, 1.82) is 0 Å². The normalized spacial score (nSPS) is 21.9. The van der Waals surface area contributed by atoms with Crippen LogP contribution in [0.4, 0.5) is 0 Å². The van der Waals surface area contributed by atoms with Gasteiger partial charge in [0.25, 0.3) is 5.91 Å². The summed E-state index contributed by atoms with van der Waals surface area (Å²) in [6.07, 6.45) is 2.10. The third kappa shape index (κ3) is 4.80. The van der Waals surface area contributed by atoms with E-state index < -0.39 is 11.3 Å². The molecule has 24 heavy (non-hydrogen) atoms. The lowest BCUT2D eigenvalue weighted by Crippen LogP contribution is -2.55. The number of hydrogen-bond acceptors (Lipinski definition) is 5. The van der Waals surface area contributed by atoms with Gasteiger partial charge in [-0.2, -0.15) is 4.99 Å². The van der Waals surface area contributed by atoms with E-state index in [9.17, 15) is 14.4 Å². The Balaban J connectivity index is 2.72. The smallest absolute Gasteiger partial charge is 0.264 e. The summed E-state index contributed by atoms with van der Waals surface area (Å²) in [6, 6.07) is 0. The van der Waals surface area contributed by atoms with Crippen LogP contribution >= 0.6 is 11.8 Å². The predicted octanol–water partition coefficient (Wildman–Crippen LogP) is 1.33. The van der Waals surface area contributed by atoms with Crippen LogP contribution in [-0.2, 0) is 19.1 Å². The minimum absolute atomic E-state index is 0.0763. The van der Waals surface area contributed by atoms with E-state index >= 15 is 0 Å². The molecule has 136 valence electrons. The number of carbonyl (C=O) groups excluding carboxylic acids is 3. The minimum atomic E-state index is -1.10. The Hall–Kier alpha value is -1.41. The molecule has 0 saturated carbocycles. The number of amides is 3. The average molecular weight is 357 g/mol. The highest BCUT2D eigenvalue weighted by Gasteiger charge is 2.51. The zero-order valence-corrected chi connectivity index (χ0v) is 15.6. The number of amidine groups is 1. The van der Waals surface area contributed by atoms with Crippen molar-refractivity contribution in [2.45, 2.75) is 40.0 Å². The topological polar surface area (TPSA) is 96.9 Å². The number of ether oxygens (including phenoxy) is 1. The lowest BCUT2D eigenvalue weighted by Gasteiger charge is -2.36. The van der Waals surface area contributed by atoms with Gasteiger partial charge < -0.3 is 15.4 Å². The Morgan fingerprint density at radius 3 is 2.67 bits per heavy atom. The molecule has 0 spiro atoms. The van der Waals surface area contributed by atoms with E-state index in [1.807, 2.05) is 20.8 Å². The van der Waals surface area contributed by atoms with E-state index in [-0.39, 0.29) is 28.7 Å². The zero-order valence-electron chi connectivity index (χ0n) is 14.8. The molecule has 0 aliphatic carbocycles. The van der Waals surface area contributed by atoms with Gasteiger partial charge in [0, 0.05) is 13.7 Å². The Morgan fingerprint density at radius 2 is 2.12 bits per heavy atom. The number of carbonyl (C=O) groups is 3. The Kier molecular flexibility index (Phi) is 8.41. The molecule has 8 heteroatoms. The van der Waals surface area contributed by atoms with Gasteiger partial charge in [-0.25, -0.2) is 0 Å². The molecule has 3 amide bonds. The second-order valence-electron chi connectivity index (χ2n) is 5.82. The summed E-state index contributed by atoms with van der Waals surface area (Å²) in [5, 5.41) is 5.56. The van der Waals surface area contributed by atoms with Crippen molar-refractivity contribution in [3.05, 3.63) is 0 Å². The first-order valence-electron chi connectivity index (χ1n) is 8.25. The highest BCUT2D eigenvalue weighted by atomic mass is 32.2. The summed E-state index contributed by atoms with van der Waals surface area (Å²) >= 11 is 1.05. The fourth-order valence-electron chi connectivity index (χ4n) is 2.85. The number of nitrogens with zero attached hydrogens (tertiary/aromatic N) is 1. The molecule has 0 radical (unpaired) electrons. The molecule has 2 unspecified atom stereocenters. The quantitative estimate of drug-likeness (QED) is 0.479. The molecule has 0 saturated heterocycles. The molecule has 2 atom stereocenters. The largest absolute Gasteiger partial charge is 0.383 e. The molecule has 0 aromatic heterocycles. The van der Waals surface area contributed by atoms with Gasteiger partial charge in [-0.15, -0.1) is 0 Å². The van der Waals surface area contributed by atoms with Crippen molar-refractivity contribution in [2.24, 2.45) is 16.3 Å². The standard InChI is InChI=1S/C16H27N3O4S/c1-5-7-11(3)16(6-2)13(21)18-15(19-14(16)22)24-10-12(20)17-8-9-23-4/h11H,5-10H2,1-4H3,(H,17,20)(H,18,19,21,22). The molecule has 0 bridgehead atoms. The monoisotopic (exact) mass is 357 g/mol. The van der Waals surface area contributed by atoms with E-state index in [1.165, 1.54) is 0 Å². The minimum Gasteiger partial charge on any atom is -0.383 e. The van der Waals surface area contributed by atoms with Crippen molar-refractivity contribution < 1.29 is 19.1 Å². The van der Waals surface area contributed by atoms with Gasteiger partial charge in [0.05, 0.1) is 12.4 Å². The number of methoxy groups -OCH3 is 1. The van der Waals surface area contributed by atoms with Gasteiger partial charge in [0.15, 0.2) is 5.17 Å². The molecule has 0 aromatic carbocycles. The number of rotatable bonds is 9. The second kappa shape index (κ2) is 9.78. The molecule has 1 heterocycles. The van der Waals surface area contributed by atoms with E-state index in [0.29, 0.717) is 19.6 Å². The van der Waals surface area contributed by atoms with Gasteiger partial charge in [-0.05, 0) is 18.8 Å². The first-order chi connectivity index (χ1) is 11.4. The van der Waals surface area contributed by atoms with Crippen LogP contribution in [0.25, 0.3) is 0 Å². The molecule has 1 aliphatic rings. The molecule has 7 nitrogen and oxygen atoms in total. The lowest BCUT2D eigenvalue weighted by atomic mass is 9.70. The van der Waals surface area contributed by atoms with Crippen molar-refractivity contribution in [2.75, 3.05) is 26.0 Å². The van der Waals surface area contributed by atoms with E-state index in [0.717, 1.165) is 24.6 Å². The molecule has 1 rings (SSSR count). The fraction of sp³-hybridized carbons (Fsp3) is 0.750. The first kappa shape index (κ1) is 20.6. The predicted molar refractivity (Wildman–Crippen MR) is 94.7 cm³/mol. The third-order valence-corrected chi connectivity index (χ3v) is 5.17. The number of nitrogens with one attached hydrogen (secondary N) is 2. The van der Waals surface area contributed by atoms with Crippen LogP contribution in [0.2, 0.25) is 0 Å². The van der Waals surface area contributed by atoms with Gasteiger partial charge in [-0.3, -0.25) is 14.4 Å². The maximum absolute atomic E-state index is 12.6.